The van der Waals surface area contributed by atoms with Crippen molar-refractivity contribution in [1.82, 2.24) is 4.98 Å². The molecule has 1 aromatic carbocycles. The van der Waals surface area contributed by atoms with Gasteiger partial charge in [0.1, 0.15) is 11.6 Å². The van der Waals surface area contributed by atoms with Gasteiger partial charge in [-0.3, -0.25) is 0 Å². The maximum atomic E-state index is 9.17. The zero-order valence-corrected chi connectivity index (χ0v) is 13.2. The maximum Gasteiger partial charge on any atom is 0.231 e. The number of nitrogens with zero attached hydrogens (tertiary/aromatic N) is 3. The fraction of sp³-hybridized carbons (Fsp3) is 0.105. The Morgan fingerprint density at radius 1 is 1.35 bits per heavy atom. The summed E-state index contributed by atoms with van der Waals surface area (Å²) in [6.07, 6.45) is 5.38. The lowest BCUT2D eigenvalue weighted by Crippen LogP contribution is -2.02. The van der Waals surface area contributed by atoms with E-state index in [4.69, 9.17) is 4.74 Å². The van der Waals surface area contributed by atoms with Gasteiger partial charge in [-0.25, -0.2) is 9.98 Å². The van der Waals surface area contributed by atoms with Gasteiger partial charge >= 0.3 is 0 Å². The molecule has 4 nitrogen and oxygen atoms in total. The van der Waals surface area contributed by atoms with Gasteiger partial charge in [-0.1, -0.05) is 49.1 Å². The summed E-state index contributed by atoms with van der Waals surface area (Å²) in [5.41, 5.74) is 3.39. The Labute approximate surface area is 136 Å². The molecule has 114 valence electrons. The number of hydrogen-bond acceptors (Lipinski definition) is 4. The van der Waals surface area contributed by atoms with Crippen LogP contribution in [0.25, 0.3) is 0 Å². The van der Waals surface area contributed by atoms with Crippen molar-refractivity contribution in [3.8, 4) is 11.9 Å². The number of hydrogen-bond donors (Lipinski definition) is 0. The van der Waals surface area contributed by atoms with Crippen molar-refractivity contribution in [3.63, 3.8) is 0 Å². The SMILES string of the molecule is C=C(/C=C\C)C(=Nc1cnc(OC)c(C#N)c1)c1ccccc1. The Hall–Kier alpha value is -3.19. The smallest absolute Gasteiger partial charge is 0.231 e. The summed E-state index contributed by atoms with van der Waals surface area (Å²) in [5.74, 6) is 0.292. The molecule has 0 bridgehead atoms. The van der Waals surface area contributed by atoms with Crippen LogP contribution in [0.3, 0.4) is 0 Å². The molecule has 2 aromatic rings. The summed E-state index contributed by atoms with van der Waals surface area (Å²) in [6.45, 7) is 5.99. The van der Waals surface area contributed by atoms with Gasteiger partial charge in [0.05, 0.1) is 24.7 Å². The maximum absolute atomic E-state index is 9.17. The molecule has 1 aromatic heterocycles. The average molecular weight is 303 g/mol. The number of aliphatic imine (C=N–C) groups is 1. The van der Waals surface area contributed by atoms with Crippen LogP contribution in [-0.4, -0.2) is 17.8 Å². The predicted octanol–water partition coefficient (Wildman–Crippen LogP) is 4.21. The first-order valence-electron chi connectivity index (χ1n) is 7.09. The summed E-state index contributed by atoms with van der Waals surface area (Å²) in [6, 6.07) is 13.5. The third-order valence-corrected chi connectivity index (χ3v) is 3.11. The van der Waals surface area contributed by atoms with Crippen molar-refractivity contribution >= 4 is 11.4 Å². The van der Waals surface area contributed by atoms with Gasteiger partial charge in [-0.2, -0.15) is 5.26 Å². The van der Waals surface area contributed by atoms with Crippen LogP contribution in [0, 0.1) is 11.3 Å². The van der Waals surface area contributed by atoms with Gasteiger partial charge in [0.25, 0.3) is 0 Å². The molecule has 0 fully saturated rings. The summed E-state index contributed by atoms with van der Waals surface area (Å²) in [7, 11) is 1.48. The number of nitriles is 1. The molecule has 0 aliphatic carbocycles. The Morgan fingerprint density at radius 3 is 2.70 bits per heavy atom. The number of rotatable bonds is 5. The molecule has 0 radical (unpaired) electrons. The Kier molecular flexibility index (Phi) is 5.43. The van der Waals surface area contributed by atoms with Crippen LogP contribution in [0.4, 0.5) is 5.69 Å². The van der Waals surface area contributed by atoms with Gasteiger partial charge in [-0.05, 0) is 18.6 Å². The van der Waals surface area contributed by atoms with Crippen LogP contribution in [0.15, 0.2) is 71.9 Å². The lowest BCUT2D eigenvalue weighted by Gasteiger charge is -2.08. The van der Waals surface area contributed by atoms with Crippen LogP contribution in [0.5, 0.6) is 5.88 Å². The van der Waals surface area contributed by atoms with Crippen molar-refractivity contribution < 1.29 is 4.74 Å². The molecule has 0 N–H and O–H groups in total. The van der Waals surface area contributed by atoms with Crippen LogP contribution in [0.1, 0.15) is 18.1 Å². The van der Waals surface area contributed by atoms with Crippen LogP contribution in [-0.2, 0) is 0 Å². The summed E-state index contributed by atoms with van der Waals surface area (Å²) < 4.78 is 5.06. The molecule has 0 saturated carbocycles. The molecule has 0 aliphatic rings. The lowest BCUT2D eigenvalue weighted by atomic mass is 10.0. The standard InChI is InChI=1S/C19H17N3O/c1-4-8-14(2)18(15-9-6-5-7-10-15)22-17-11-16(12-20)19(23-3)21-13-17/h4-11,13H,2H2,1,3H3/b8-4-,22-18?. The third kappa shape index (κ3) is 3.92. The van der Waals surface area contributed by atoms with Crippen molar-refractivity contribution in [1.29, 1.82) is 5.26 Å². The quantitative estimate of drug-likeness (QED) is 0.614. The van der Waals surface area contributed by atoms with Crippen molar-refractivity contribution in [2.45, 2.75) is 6.92 Å². The minimum absolute atomic E-state index is 0.292. The first kappa shape index (κ1) is 16.2. The zero-order valence-electron chi connectivity index (χ0n) is 13.2. The summed E-state index contributed by atoms with van der Waals surface area (Å²) in [4.78, 5) is 8.75. The van der Waals surface area contributed by atoms with Gasteiger partial charge in [-0.15, -0.1) is 0 Å². The monoisotopic (exact) mass is 303 g/mol. The molecule has 0 aliphatic heterocycles. The highest BCUT2D eigenvalue weighted by molar-refractivity contribution is 6.14. The molecule has 0 amide bonds. The second kappa shape index (κ2) is 7.71. The molecule has 4 heteroatoms. The van der Waals surface area contributed by atoms with Gasteiger partial charge in [0.2, 0.25) is 5.88 Å². The van der Waals surface area contributed by atoms with E-state index < -0.39 is 0 Å². The lowest BCUT2D eigenvalue weighted by molar-refractivity contribution is 0.396. The van der Waals surface area contributed by atoms with Crippen molar-refractivity contribution in [2.75, 3.05) is 7.11 Å². The van der Waals surface area contributed by atoms with E-state index >= 15 is 0 Å². The zero-order chi connectivity index (χ0) is 16.7. The van der Waals surface area contributed by atoms with Crippen LogP contribution < -0.4 is 4.74 Å². The van der Waals surface area contributed by atoms with E-state index in [1.165, 1.54) is 7.11 Å². The van der Waals surface area contributed by atoms with E-state index in [1.54, 1.807) is 12.3 Å². The second-order valence-corrected chi connectivity index (χ2v) is 4.71. The molecule has 0 atom stereocenters. The third-order valence-electron chi connectivity index (χ3n) is 3.11. The number of methoxy groups -OCH3 is 1. The van der Waals surface area contributed by atoms with Crippen molar-refractivity contribution in [3.05, 3.63) is 78.0 Å². The Bertz CT molecular complexity index is 799. The van der Waals surface area contributed by atoms with E-state index in [1.807, 2.05) is 49.4 Å². The molecule has 1 heterocycles. The largest absolute Gasteiger partial charge is 0.480 e. The predicted molar refractivity (Wildman–Crippen MR) is 92.1 cm³/mol. The normalized spacial score (nSPS) is 11.3. The van der Waals surface area contributed by atoms with E-state index in [9.17, 15) is 5.26 Å². The minimum atomic E-state index is 0.292. The highest BCUT2D eigenvalue weighted by Crippen LogP contribution is 2.22. The molecule has 0 saturated heterocycles. The molecular weight excluding hydrogens is 286 g/mol. The minimum Gasteiger partial charge on any atom is -0.480 e. The first-order valence-corrected chi connectivity index (χ1v) is 7.09. The molecule has 0 unspecified atom stereocenters. The Morgan fingerprint density at radius 2 is 2.09 bits per heavy atom. The number of pyridine rings is 1. The first-order chi connectivity index (χ1) is 11.2. The van der Waals surface area contributed by atoms with Gasteiger partial charge in [0, 0.05) is 5.56 Å². The molecule has 2 rings (SSSR count). The summed E-state index contributed by atoms with van der Waals surface area (Å²) in [5, 5.41) is 9.17. The van der Waals surface area contributed by atoms with E-state index in [0.29, 0.717) is 17.1 Å². The Balaban J connectivity index is 2.54. The number of benzene rings is 1. The number of allylic oxidation sites excluding steroid dienone is 3. The second-order valence-electron chi connectivity index (χ2n) is 4.71. The average Bonchev–Trinajstić information content (AvgIpc) is 2.60. The van der Waals surface area contributed by atoms with Crippen LogP contribution in [0.2, 0.25) is 0 Å². The van der Waals surface area contributed by atoms with E-state index in [-0.39, 0.29) is 0 Å². The fourth-order valence-corrected chi connectivity index (χ4v) is 2.07. The molecule has 23 heavy (non-hydrogen) atoms. The number of aromatic nitrogens is 1. The van der Waals surface area contributed by atoms with Crippen molar-refractivity contribution in [2.24, 2.45) is 4.99 Å². The molecule has 0 spiro atoms. The topological polar surface area (TPSA) is 58.3 Å². The van der Waals surface area contributed by atoms with E-state index in [0.717, 1.165) is 16.8 Å². The van der Waals surface area contributed by atoms with E-state index in [2.05, 4.69) is 22.6 Å². The van der Waals surface area contributed by atoms with Gasteiger partial charge < -0.3 is 4.74 Å². The highest BCUT2D eigenvalue weighted by atomic mass is 16.5. The number of ether oxygens (including phenoxy) is 1. The molecular formula is C19H17N3O. The fourth-order valence-electron chi connectivity index (χ4n) is 2.07. The highest BCUT2D eigenvalue weighted by Gasteiger charge is 2.09. The van der Waals surface area contributed by atoms with Gasteiger partial charge in [0.15, 0.2) is 0 Å². The summed E-state index contributed by atoms with van der Waals surface area (Å²) >= 11 is 0. The van der Waals surface area contributed by atoms with Crippen LogP contribution >= 0.6 is 0 Å².